The Bertz CT molecular complexity index is 497. The Labute approximate surface area is 135 Å². The number of carbonyl (C=O) groups is 1. The number of carbonyl (C=O) groups excluding carboxylic acids is 1. The third-order valence-electron chi connectivity index (χ3n) is 4.73. The number of benzene rings is 1. The molecule has 2 atom stereocenters. The first-order valence-electron chi connectivity index (χ1n) is 8.60. The monoisotopic (exact) mass is 301 g/mol. The van der Waals surface area contributed by atoms with Gasteiger partial charge in [-0.25, -0.2) is 0 Å². The van der Waals surface area contributed by atoms with Crippen LogP contribution < -0.4 is 0 Å². The molecule has 1 heterocycles. The Kier molecular flexibility index (Phi) is 5.44. The van der Waals surface area contributed by atoms with Gasteiger partial charge in [-0.15, -0.1) is 0 Å². The van der Waals surface area contributed by atoms with Crippen molar-refractivity contribution in [3.63, 3.8) is 0 Å². The first-order valence-corrected chi connectivity index (χ1v) is 8.60. The van der Waals surface area contributed by atoms with Gasteiger partial charge < -0.3 is 4.90 Å². The maximum atomic E-state index is 11.6. The van der Waals surface area contributed by atoms with E-state index in [0.717, 1.165) is 32.5 Å². The van der Waals surface area contributed by atoms with Crippen LogP contribution >= 0.6 is 0 Å². The number of nitrogens with zero attached hydrogens (tertiary/aromatic N) is 1. The molecular formula is C20H31NO. The van der Waals surface area contributed by atoms with Gasteiger partial charge in [0.25, 0.3) is 0 Å². The number of hydrogen-bond acceptors (Lipinski definition) is 2. The standard InChI is InChI=1S/C20H31NO/c1-15(13-21-11-10-19(22)16(2)14-21)12-17-6-8-18(9-7-17)20(3,4)5/h6-9,15-16H,10-14H2,1-5H3. The van der Waals surface area contributed by atoms with E-state index in [4.69, 9.17) is 0 Å². The van der Waals surface area contributed by atoms with Crippen LogP contribution in [0.5, 0.6) is 0 Å². The summed E-state index contributed by atoms with van der Waals surface area (Å²) < 4.78 is 0. The minimum absolute atomic E-state index is 0.215. The van der Waals surface area contributed by atoms with E-state index in [2.05, 4.69) is 63.8 Å². The first-order chi connectivity index (χ1) is 10.3. The van der Waals surface area contributed by atoms with Crippen LogP contribution in [0.15, 0.2) is 24.3 Å². The lowest BCUT2D eigenvalue weighted by Gasteiger charge is -2.32. The molecule has 0 bridgehead atoms. The molecule has 1 aliphatic heterocycles. The fourth-order valence-electron chi connectivity index (χ4n) is 3.31. The van der Waals surface area contributed by atoms with Crippen LogP contribution in [-0.4, -0.2) is 30.3 Å². The van der Waals surface area contributed by atoms with Gasteiger partial charge >= 0.3 is 0 Å². The van der Waals surface area contributed by atoms with E-state index in [-0.39, 0.29) is 11.3 Å². The van der Waals surface area contributed by atoms with Crippen molar-refractivity contribution >= 4 is 5.78 Å². The second kappa shape index (κ2) is 6.95. The second-order valence-corrected chi connectivity index (χ2v) is 8.13. The fraction of sp³-hybridized carbons (Fsp3) is 0.650. The summed E-state index contributed by atoms with van der Waals surface area (Å²) in [5.41, 5.74) is 3.04. The molecule has 2 unspecified atom stereocenters. The molecule has 0 radical (unpaired) electrons. The van der Waals surface area contributed by atoms with Crippen LogP contribution in [-0.2, 0) is 16.6 Å². The lowest BCUT2D eigenvalue weighted by Crippen LogP contribution is -2.41. The van der Waals surface area contributed by atoms with Gasteiger partial charge in [0.05, 0.1) is 0 Å². The zero-order valence-corrected chi connectivity index (χ0v) is 14.9. The molecule has 1 aromatic rings. The molecule has 0 N–H and O–H groups in total. The van der Waals surface area contributed by atoms with Gasteiger partial charge in [0.2, 0.25) is 0 Å². The van der Waals surface area contributed by atoms with Crippen LogP contribution in [0.3, 0.4) is 0 Å². The van der Waals surface area contributed by atoms with Crippen LogP contribution in [0.25, 0.3) is 0 Å². The summed E-state index contributed by atoms with van der Waals surface area (Å²) in [7, 11) is 0. The molecule has 0 saturated carbocycles. The Morgan fingerprint density at radius 3 is 2.41 bits per heavy atom. The molecule has 2 nitrogen and oxygen atoms in total. The van der Waals surface area contributed by atoms with E-state index in [0.29, 0.717) is 11.7 Å². The van der Waals surface area contributed by atoms with E-state index in [1.165, 1.54) is 11.1 Å². The van der Waals surface area contributed by atoms with Crippen molar-refractivity contribution in [2.45, 2.75) is 52.9 Å². The Hall–Kier alpha value is -1.15. The predicted octanol–water partition coefficient (Wildman–Crippen LogP) is 4.07. The van der Waals surface area contributed by atoms with Crippen LogP contribution in [0.2, 0.25) is 0 Å². The number of hydrogen-bond donors (Lipinski definition) is 0. The van der Waals surface area contributed by atoms with Crippen molar-refractivity contribution in [1.82, 2.24) is 4.90 Å². The van der Waals surface area contributed by atoms with Gasteiger partial charge in [-0.2, -0.15) is 0 Å². The lowest BCUT2D eigenvalue weighted by atomic mass is 9.86. The van der Waals surface area contributed by atoms with E-state index >= 15 is 0 Å². The third-order valence-corrected chi connectivity index (χ3v) is 4.73. The molecule has 2 heteroatoms. The van der Waals surface area contributed by atoms with Gasteiger partial charge in [0, 0.05) is 32.0 Å². The van der Waals surface area contributed by atoms with Gasteiger partial charge in [-0.3, -0.25) is 4.79 Å². The molecule has 1 fully saturated rings. The SMILES string of the molecule is CC(Cc1ccc(C(C)(C)C)cc1)CN1CCC(=O)C(C)C1. The summed E-state index contributed by atoms with van der Waals surface area (Å²) in [5.74, 6) is 1.27. The maximum absolute atomic E-state index is 11.6. The molecule has 0 aliphatic carbocycles. The predicted molar refractivity (Wildman–Crippen MR) is 93.2 cm³/mol. The molecule has 1 saturated heterocycles. The normalized spacial score (nSPS) is 21.9. The molecule has 1 aliphatic rings. The van der Waals surface area contributed by atoms with Gasteiger partial charge in [-0.1, -0.05) is 58.9 Å². The Morgan fingerprint density at radius 2 is 1.86 bits per heavy atom. The molecule has 22 heavy (non-hydrogen) atoms. The molecular weight excluding hydrogens is 270 g/mol. The summed E-state index contributed by atoms with van der Waals surface area (Å²) in [4.78, 5) is 14.1. The largest absolute Gasteiger partial charge is 0.302 e. The van der Waals surface area contributed by atoms with Crippen LogP contribution in [0.1, 0.15) is 52.2 Å². The maximum Gasteiger partial charge on any atom is 0.138 e. The highest BCUT2D eigenvalue weighted by molar-refractivity contribution is 5.81. The highest BCUT2D eigenvalue weighted by Gasteiger charge is 2.24. The van der Waals surface area contributed by atoms with Crippen molar-refractivity contribution in [3.8, 4) is 0 Å². The quantitative estimate of drug-likeness (QED) is 0.835. The zero-order valence-electron chi connectivity index (χ0n) is 14.9. The number of likely N-dealkylation sites (tertiary alicyclic amines) is 1. The average molecular weight is 301 g/mol. The zero-order chi connectivity index (χ0) is 16.3. The number of rotatable bonds is 4. The molecule has 1 aromatic carbocycles. The van der Waals surface area contributed by atoms with Crippen molar-refractivity contribution in [3.05, 3.63) is 35.4 Å². The van der Waals surface area contributed by atoms with E-state index in [1.807, 2.05) is 0 Å². The summed E-state index contributed by atoms with van der Waals surface area (Å²) >= 11 is 0. The van der Waals surface area contributed by atoms with Crippen molar-refractivity contribution in [2.75, 3.05) is 19.6 Å². The lowest BCUT2D eigenvalue weighted by molar-refractivity contribution is -0.125. The summed E-state index contributed by atoms with van der Waals surface area (Å²) in [5, 5.41) is 0. The van der Waals surface area contributed by atoms with E-state index < -0.39 is 0 Å². The van der Waals surface area contributed by atoms with Crippen molar-refractivity contribution in [2.24, 2.45) is 11.8 Å². The average Bonchev–Trinajstić information content (AvgIpc) is 2.42. The van der Waals surface area contributed by atoms with Crippen molar-refractivity contribution < 1.29 is 4.79 Å². The molecule has 2 rings (SSSR count). The number of Topliss-reactive ketones (excluding diaryl/α,β-unsaturated/α-hetero) is 1. The first kappa shape index (κ1) is 17.2. The van der Waals surface area contributed by atoms with Gasteiger partial charge in [0.15, 0.2) is 0 Å². The van der Waals surface area contributed by atoms with Crippen LogP contribution in [0.4, 0.5) is 0 Å². The van der Waals surface area contributed by atoms with E-state index in [9.17, 15) is 4.79 Å². The summed E-state index contributed by atoms with van der Waals surface area (Å²) in [6, 6.07) is 9.09. The minimum Gasteiger partial charge on any atom is -0.302 e. The number of piperidine rings is 1. The molecule has 0 amide bonds. The Morgan fingerprint density at radius 1 is 1.23 bits per heavy atom. The van der Waals surface area contributed by atoms with Crippen molar-refractivity contribution in [1.29, 1.82) is 0 Å². The number of ketones is 1. The molecule has 0 spiro atoms. The summed E-state index contributed by atoms with van der Waals surface area (Å²) in [6.07, 6.45) is 1.84. The molecule has 0 aromatic heterocycles. The van der Waals surface area contributed by atoms with E-state index in [1.54, 1.807) is 0 Å². The van der Waals surface area contributed by atoms with Gasteiger partial charge in [-0.05, 0) is 28.9 Å². The summed E-state index contributed by atoms with van der Waals surface area (Å²) in [6.45, 7) is 14.1. The topological polar surface area (TPSA) is 20.3 Å². The Balaban J connectivity index is 1.87. The third kappa shape index (κ3) is 4.67. The fourth-order valence-corrected chi connectivity index (χ4v) is 3.31. The minimum atomic E-state index is 0.215. The smallest absolute Gasteiger partial charge is 0.138 e. The molecule has 122 valence electrons. The second-order valence-electron chi connectivity index (χ2n) is 8.13. The van der Waals surface area contributed by atoms with Crippen LogP contribution in [0, 0.1) is 11.8 Å². The highest BCUT2D eigenvalue weighted by Crippen LogP contribution is 2.23. The van der Waals surface area contributed by atoms with Gasteiger partial charge in [0.1, 0.15) is 5.78 Å². The highest BCUT2D eigenvalue weighted by atomic mass is 16.1.